The van der Waals surface area contributed by atoms with Crippen LogP contribution in [0.2, 0.25) is 0 Å². The van der Waals surface area contributed by atoms with Gasteiger partial charge in [0.15, 0.2) is 17.0 Å². The first-order valence-corrected chi connectivity index (χ1v) is 20.9. The number of thioether (sulfide) groups is 1. The summed E-state index contributed by atoms with van der Waals surface area (Å²) in [6, 6.07) is 0. The van der Waals surface area contributed by atoms with Crippen LogP contribution in [0.5, 0.6) is 0 Å². The number of esters is 1. The van der Waals surface area contributed by atoms with Gasteiger partial charge in [0.1, 0.15) is 18.2 Å². The van der Waals surface area contributed by atoms with E-state index in [-0.39, 0.29) is 51.8 Å². The normalized spacial score (nSPS) is 36.3. The molecule has 3 aliphatic carbocycles. The maximum Gasteiger partial charge on any atom is 0.316 e. The zero-order valence-electron chi connectivity index (χ0n) is 32.0. The van der Waals surface area contributed by atoms with Gasteiger partial charge in [0.05, 0.1) is 18.2 Å². The van der Waals surface area contributed by atoms with Gasteiger partial charge in [-0.1, -0.05) is 33.8 Å². The van der Waals surface area contributed by atoms with Crippen LogP contribution < -0.4 is 10.6 Å². The van der Waals surface area contributed by atoms with Crippen LogP contribution in [0.3, 0.4) is 0 Å². The maximum absolute atomic E-state index is 13.7. The van der Waals surface area contributed by atoms with E-state index < -0.39 is 23.0 Å². The molecule has 5 aliphatic rings. The lowest BCUT2D eigenvalue weighted by Crippen LogP contribution is -2.63. The molecule has 0 aromatic carbocycles. The quantitative estimate of drug-likeness (QED) is 0.258. The first kappa shape index (κ1) is 38.3. The second-order valence-electron chi connectivity index (χ2n) is 17.3. The highest BCUT2D eigenvalue weighted by atomic mass is 32.2. The van der Waals surface area contributed by atoms with E-state index in [0.29, 0.717) is 51.4 Å². The number of amides is 1. The predicted molar refractivity (Wildman–Crippen MR) is 206 cm³/mol. The summed E-state index contributed by atoms with van der Waals surface area (Å²) in [4.78, 5) is 58.4. The molecule has 290 valence electrons. The van der Waals surface area contributed by atoms with Gasteiger partial charge >= 0.3 is 5.97 Å². The van der Waals surface area contributed by atoms with Gasteiger partial charge in [-0.3, -0.25) is 14.4 Å². The van der Waals surface area contributed by atoms with Crippen molar-refractivity contribution in [2.75, 3.05) is 43.4 Å². The molecule has 12 nitrogen and oxygen atoms in total. The van der Waals surface area contributed by atoms with Crippen LogP contribution in [0.25, 0.3) is 11.2 Å². The summed E-state index contributed by atoms with van der Waals surface area (Å²) < 4.78 is 8.39. The number of ketones is 1. The Morgan fingerprint density at radius 3 is 2.60 bits per heavy atom. The average molecular weight is 750 g/mol. The van der Waals surface area contributed by atoms with Gasteiger partial charge in [-0.15, -0.1) is 18.3 Å². The second-order valence-corrected chi connectivity index (χ2v) is 18.6. The summed E-state index contributed by atoms with van der Waals surface area (Å²) in [6.07, 6.45) is 10.6. The summed E-state index contributed by atoms with van der Waals surface area (Å²) in [5, 5.41) is 12.0. The summed E-state index contributed by atoms with van der Waals surface area (Å²) in [7, 11) is 0. The van der Waals surface area contributed by atoms with Crippen molar-refractivity contribution in [1.82, 2.24) is 24.4 Å². The number of aliphatic hydroxyl groups is 1. The Balaban J connectivity index is 0.931. The molecule has 0 spiro atoms. The smallest absolute Gasteiger partial charge is 0.316 e. The Labute approximate surface area is 318 Å². The van der Waals surface area contributed by atoms with E-state index in [4.69, 9.17) is 10.5 Å². The zero-order valence-corrected chi connectivity index (χ0v) is 32.9. The number of aromatic nitrogens is 4. The minimum Gasteiger partial charge on any atom is -0.461 e. The number of hydrogen-bond donors (Lipinski definition) is 2. The number of fused-ring (bicyclic) bond motifs is 1. The standard InChI is InChI=1S/C40H59N7O5S/c1-6-38(4)19-30(39(5)25(2)7-13-40(26(3)35(38)51)14-8-29(48)34(39)40)52-32(50)22-53-28-10-16-45(17-11-28)31(49)12-18-47-24-44-33-36(42-23-43-37(33)47)46-15-9-27(20-41)21-46/h6,23-28,30,34-35,51H,1,7-22,41H2,2-5H3/t25-,26+,27?,30-,34-,35+,38-,39+,40+/m1/s1. The van der Waals surface area contributed by atoms with Crippen LogP contribution in [0.1, 0.15) is 85.5 Å². The fraction of sp³-hybridized carbons (Fsp3) is 0.750. The number of aliphatic hydroxyl groups excluding tert-OH is 1. The highest BCUT2D eigenvalue weighted by molar-refractivity contribution is 8.00. The molecule has 3 saturated carbocycles. The molecule has 2 aromatic rings. The second kappa shape index (κ2) is 14.9. The molecule has 2 aliphatic heterocycles. The van der Waals surface area contributed by atoms with Crippen molar-refractivity contribution in [3.63, 3.8) is 0 Å². The van der Waals surface area contributed by atoms with E-state index in [1.165, 1.54) is 0 Å². The van der Waals surface area contributed by atoms with Crippen molar-refractivity contribution in [3.8, 4) is 0 Å². The van der Waals surface area contributed by atoms with Crippen molar-refractivity contribution in [3.05, 3.63) is 25.3 Å². The van der Waals surface area contributed by atoms with Crippen LogP contribution in [-0.2, 0) is 25.7 Å². The number of hydrogen-bond acceptors (Lipinski definition) is 11. The van der Waals surface area contributed by atoms with Crippen molar-refractivity contribution >= 4 is 46.4 Å². The molecule has 4 heterocycles. The number of nitrogens with two attached hydrogens (primary N) is 1. The predicted octanol–water partition coefficient (Wildman–Crippen LogP) is 4.63. The van der Waals surface area contributed by atoms with Gasteiger partial charge in [-0.2, -0.15) is 0 Å². The monoisotopic (exact) mass is 749 g/mol. The van der Waals surface area contributed by atoms with E-state index in [1.807, 2.05) is 22.5 Å². The average Bonchev–Trinajstić information content (AvgIpc) is 3.91. The summed E-state index contributed by atoms with van der Waals surface area (Å²) in [5.41, 5.74) is 5.93. The van der Waals surface area contributed by atoms with E-state index in [0.717, 1.165) is 68.6 Å². The van der Waals surface area contributed by atoms with E-state index in [1.54, 1.807) is 24.4 Å². The fourth-order valence-corrected chi connectivity index (χ4v) is 12.0. The molecule has 9 atom stereocenters. The number of likely N-dealkylation sites (tertiary alicyclic amines) is 1. The number of anilines is 1. The minimum atomic E-state index is -0.680. The van der Waals surface area contributed by atoms with Gasteiger partial charge in [-0.05, 0) is 74.7 Å². The number of carbonyl (C=O) groups excluding carboxylic acids is 3. The van der Waals surface area contributed by atoms with Crippen molar-refractivity contribution in [2.24, 2.45) is 45.7 Å². The number of rotatable bonds is 10. The number of carbonyl (C=O) groups is 3. The Kier molecular flexibility index (Phi) is 10.8. The largest absolute Gasteiger partial charge is 0.461 e. The lowest BCUT2D eigenvalue weighted by molar-refractivity contribution is -0.205. The molecular formula is C40H59N7O5S. The highest BCUT2D eigenvalue weighted by Crippen LogP contribution is 2.68. The third kappa shape index (κ3) is 6.70. The molecule has 1 amide bonds. The number of piperidine rings is 1. The molecule has 2 aromatic heterocycles. The van der Waals surface area contributed by atoms with E-state index in [9.17, 15) is 19.5 Å². The molecule has 7 rings (SSSR count). The topological polar surface area (TPSA) is 157 Å². The first-order valence-electron chi connectivity index (χ1n) is 19.9. The molecular weight excluding hydrogens is 691 g/mol. The van der Waals surface area contributed by atoms with Crippen molar-refractivity contribution < 1.29 is 24.2 Å². The van der Waals surface area contributed by atoms with Gasteiger partial charge in [-0.25, -0.2) is 15.0 Å². The van der Waals surface area contributed by atoms with Gasteiger partial charge in [0.25, 0.3) is 0 Å². The highest BCUT2D eigenvalue weighted by Gasteiger charge is 2.68. The summed E-state index contributed by atoms with van der Waals surface area (Å²) in [5.74, 6) is 1.51. The SMILES string of the molecule is C=C[C@]1(C)C[C@@H](OC(=O)CSC2CCN(C(=O)CCn3cnc4c(N5CCC(CN)C5)ncnc43)CC2)[C@]2(C)[C@H](C)CC[C@]3(CCC(=O)[C@@H]32)[C@@H](C)[C@@H]1O. The molecule has 5 fully saturated rings. The van der Waals surface area contributed by atoms with Gasteiger partial charge < -0.3 is 29.9 Å². The number of aryl methyl sites for hydroxylation is 1. The van der Waals surface area contributed by atoms with Crippen LogP contribution in [0.4, 0.5) is 5.82 Å². The number of Topliss-reactive ketones (excluding diaryl/α,β-unsaturated/α-hetero) is 1. The molecule has 2 bridgehead atoms. The summed E-state index contributed by atoms with van der Waals surface area (Å²) >= 11 is 1.60. The van der Waals surface area contributed by atoms with Crippen LogP contribution in [-0.4, -0.2) is 103 Å². The van der Waals surface area contributed by atoms with Gasteiger partial charge in [0, 0.05) is 67.6 Å². The third-order valence-electron chi connectivity index (χ3n) is 14.7. The number of imidazole rings is 1. The molecule has 53 heavy (non-hydrogen) atoms. The molecule has 13 heteroatoms. The van der Waals surface area contributed by atoms with E-state index in [2.05, 4.69) is 47.2 Å². The number of nitrogens with zero attached hydrogens (tertiary/aromatic N) is 6. The number of ether oxygens (including phenoxy) is 1. The Hall–Kier alpha value is -3.03. The molecule has 1 unspecified atom stereocenters. The van der Waals surface area contributed by atoms with Crippen LogP contribution >= 0.6 is 11.8 Å². The van der Waals surface area contributed by atoms with E-state index >= 15 is 0 Å². The zero-order chi connectivity index (χ0) is 37.7. The molecule has 2 saturated heterocycles. The fourth-order valence-electron chi connectivity index (χ4n) is 11.0. The Bertz CT molecular complexity index is 1710. The third-order valence-corrected chi connectivity index (χ3v) is 16.0. The lowest BCUT2D eigenvalue weighted by atomic mass is 9.44. The van der Waals surface area contributed by atoms with Crippen LogP contribution in [0.15, 0.2) is 25.3 Å². The Morgan fingerprint density at radius 1 is 1.11 bits per heavy atom. The lowest BCUT2D eigenvalue weighted by Gasteiger charge is -2.61. The van der Waals surface area contributed by atoms with Crippen LogP contribution in [0, 0.1) is 39.9 Å². The first-order chi connectivity index (χ1) is 25.3. The summed E-state index contributed by atoms with van der Waals surface area (Å²) in [6.45, 7) is 16.9. The molecule has 3 N–H and O–H groups in total. The van der Waals surface area contributed by atoms with Crippen molar-refractivity contribution in [2.45, 2.75) is 109 Å². The minimum absolute atomic E-state index is 0.0580. The van der Waals surface area contributed by atoms with Gasteiger partial charge in [0.2, 0.25) is 5.91 Å². The maximum atomic E-state index is 13.7. The Morgan fingerprint density at radius 2 is 1.89 bits per heavy atom. The molecule has 0 radical (unpaired) electrons. The van der Waals surface area contributed by atoms with Crippen molar-refractivity contribution in [1.29, 1.82) is 0 Å².